The van der Waals surface area contributed by atoms with Crippen LogP contribution in [0.4, 0.5) is 0 Å². The van der Waals surface area contributed by atoms with Gasteiger partial charge in [0.1, 0.15) is 0 Å². The molecule has 1 aliphatic rings. The van der Waals surface area contributed by atoms with Crippen molar-refractivity contribution in [2.45, 2.75) is 25.9 Å². The number of benzene rings is 1. The third-order valence-electron chi connectivity index (χ3n) is 3.47. The lowest BCUT2D eigenvalue weighted by atomic mass is 10.0. The maximum absolute atomic E-state index is 5.83. The summed E-state index contributed by atoms with van der Waals surface area (Å²) in [6.07, 6.45) is 1.29. The van der Waals surface area contributed by atoms with Gasteiger partial charge in [-0.1, -0.05) is 37.3 Å². The van der Waals surface area contributed by atoms with E-state index in [1.165, 1.54) is 18.5 Å². The highest BCUT2D eigenvalue weighted by atomic mass is 15.2. The van der Waals surface area contributed by atoms with Crippen molar-refractivity contribution in [3.63, 3.8) is 0 Å². The number of nitrogens with zero attached hydrogens (tertiary/aromatic N) is 1. The normalized spacial score (nSPS) is 27.1. The van der Waals surface area contributed by atoms with E-state index in [1.54, 1.807) is 0 Å². The van der Waals surface area contributed by atoms with Crippen molar-refractivity contribution in [1.82, 2.24) is 4.90 Å². The molecular formula is C13H20N2. The maximum atomic E-state index is 5.83. The lowest BCUT2D eigenvalue weighted by Gasteiger charge is -2.25. The first-order valence-electron chi connectivity index (χ1n) is 5.79. The number of nitrogens with two attached hydrogens (primary N) is 1. The Balaban J connectivity index is 2.00. The molecule has 15 heavy (non-hydrogen) atoms. The molecule has 1 saturated heterocycles. The van der Waals surface area contributed by atoms with Gasteiger partial charge in [0, 0.05) is 19.1 Å². The number of hydrogen-bond donors (Lipinski definition) is 1. The van der Waals surface area contributed by atoms with Gasteiger partial charge in [-0.3, -0.25) is 4.90 Å². The number of rotatable bonds is 3. The first-order chi connectivity index (χ1) is 7.31. The third kappa shape index (κ3) is 2.39. The van der Waals surface area contributed by atoms with Crippen molar-refractivity contribution >= 4 is 0 Å². The Morgan fingerprint density at radius 2 is 2.07 bits per heavy atom. The summed E-state index contributed by atoms with van der Waals surface area (Å²) >= 11 is 0. The molecule has 2 heteroatoms. The summed E-state index contributed by atoms with van der Waals surface area (Å²) < 4.78 is 0. The topological polar surface area (TPSA) is 29.3 Å². The van der Waals surface area contributed by atoms with Crippen LogP contribution in [-0.4, -0.2) is 24.0 Å². The van der Waals surface area contributed by atoms with Crippen LogP contribution in [0.5, 0.6) is 0 Å². The minimum absolute atomic E-state index is 0.574. The van der Waals surface area contributed by atoms with Crippen LogP contribution in [0.25, 0.3) is 0 Å². The van der Waals surface area contributed by atoms with E-state index < -0.39 is 0 Å². The van der Waals surface area contributed by atoms with E-state index in [-0.39, 0.29) is 0 Å². The van der Waals surface area contributed by atoms with Gasteiger partial charge in [0.2, 0.25) is 0 Å². The molecule has 0 saturated carbocycles. The van der Waals surface area contributed by atoms with Crippen LogP contribution < -0.4 is 5.73 Å². The van der Waals surface area contributed by atoms with E-state index in [2.05, 4.69) is 42.2 Å². The zero-order chi connectivity index (χ0) is 10.7. The summed E-state index contributed by atoms with van der Waals surface area (Å²) in [5.41, 5.74) is 7.22. The second kappa shape index (κ2) is 4.77. The standard InChI is InChI=1S/C13H20N2/c1-11-7-8-15(13(11)9-14)10-12-5-3-2-4-6-12/h2-6,11,13H,7-10,14H2,1H3/t11-,13-/m0/s1. The Bertz CT molecular complexity index is 297. The van der Waals surface area contributed by atoms with Gasteiger partial charge < -0.3 is 5.73 Å². The quantitative estimate of drug-likeness (QED) is 0.814. The fourth-order valence-corrected chi connectivity index (χ4v) is 2.48. The Morgan fingerprint density at radius 1 is 1.33 bits per heavy atom. The molecule has 2 atom stereocenters. The van der Waals surface area contributed by atoms with Crippen LogP contribution in [0.3, 0.4) is 0 Å². The van der Waals surface area contributed by atoms with Gasteiger partial charge in [-0.2, -0.15) is 0 Å². The van der Waals surface area contributed by atoms with Crippen molar-refractivity contribution < 1.29 is 0 Å². The van der Waals surface area contributed by atoms with Gasteiger partial charge in [0.15, 0.2) is 0 Å². The molecule has 1 aromatic rings. The van der Waals surface area contributed by atoms with Crippen LogP contribution in [-0.2, 0) is 6.54 Å². The van der Waals surface area contributed by atoms with Gasteiger partial charge in [0.25, 0.3) is 0 Å². The molecule has 0 unspecified atom stereocenters. The van der Waals surface area contributed by atoms with Crippen LogP contribution in [0.15, 0.2) is 30.3 Å². The van der Waals surface area contributed by atoms with E-state index in [0.717, 1.165) is 19.0 Å². The Kier molecular flexibility index (Phi) is 3.39. The van der Waals surface area contributed by atoms with Crippen molar-refractivity contribution in [1.29, 1.82) is 0 Å². The smallest absolute Gasteiger partial charge is 0.0248 e. The fraction of sp³-hybridized carbons (Fsp3) is 0.538. The molecule has 1 aliphatic heterocycles. The van der Waals surface area contributed by atoms with Gasteiger partial charge >= 0.3 is 0 Å². The molecule has 0 radical (unpaired) electrons. The zero-order valence-electron chi connectivity index (χ0n) is 9.39. The average molecular weight is 204 g/mol. The number of hydrogen-bond acceptors (Lipinski definition) is 2. The summed E-state index contributed by atoms with van der Waals surface area (Å²) in [4.78, 5) is 2.51. The van der Waals surface area contributed by atoms with Gasteiger partial charge in [-0.05, 0) is 24.4 Å². The monoisotopic (exact) mass is 204 g/mol. The van der Waals surface area contributed by atoms with Gasteiger partial charge in [0.05, 0.1) is 0 Å². The van der Waals surface area contributed by atoms with Crippen molar-refractivity contribution in [3.8, 4) is 0 Å². The molecule has 2 rings (SSSR count). The molecule has 82 valence electrons. The highest BCUT2D eigenvalue weighted by Crippen LogP contribution is 2.24. The predicted molar refractivity (Wildman–Crippen MR) is 63.5 cm³/mol. The summed E-state index contributed by atoms with van der Waals surface area (Å²) in [6, 6.07) is 11.2. The van der Waals surface area contributed by atoms with Crippen molar-refractivity contribution in [2.75, 3.05) is 13.1 Å². The Hall–Kier alpha value is -0.860. The van der Waals surface area contributed by atoms with Crippen LogP contribution >= 0.6 is 0 Å². The molecule has 2 N–H and O–H groups in total. The largest absolute Gasteiger partial charge is 0.329 e. The van der Waals surface area contributed by atoms with E-state index in [4.69, 9.17) is 5.73 Å². The van der Waals surface area contributed by atoms with Crippen LogP contribution in [0.1, 0.15) is 18.9 Å². The molecule has 2 nitrogen and oxygen atoms in total. The molecule has 0 aromatic heterocycles. The summed E-state index contributed by atoms with van der Waals surface area (Å²) in [5.74, 6) is 0.749. The van der Waals surface area contributed by atoms with Crippen LogP contribution in [0.2, 0.25) is 0 Å². The molecule has 1 heterocycles. The van der Waals surface area contributed by atoms with Crippen molar-refractivity contribution in [2.24, 2.45) is 11.7 Å². The maximum Gasteiger partial charge on any atom is 0.0248 e. The summed E-state index contributed by atoms with van der Waals surface area (Å²) in [6.45, 7) is 5.33. The molecular weight excluding hydrogens is 184 g/mol. The summed E-state index contributed by atoms with van der Waals surface area (Å²) in [5, 5.41) is 0. The van der Waals surface area contributed by atoms with Gasteiger partial charge in [-0.15, -0.1) is 0 Å². The predicted octanol–water partition coefficient (Wildman–Crippen LogP) is 1.86. The van der Waals surface area contributed by atoms with E-state index in [0.29, 0.717) is 6.04 Å². The molecule has 1 fully saturated rings. The molecule has 1 aromatic carbocycles. The second-order valence-electron chi connectivity index (χ2n) is 4.53. The van der Waals surface area contributed by atoms with Crippen molar-refractivity contribution in [3.05, 3.63) is 35.9 Å². The fourth-order valence-electron chi connectivity index (χ4n) is 2.48. The van der Waals surface area contributed by atoms with Crippen LogP contribution in [0, 0.1) is 5.92 Å². The number of likely N-dealkylation sites (tertiary alicyclic amines) is 1. The minimum atomic E-state index is 0.574. The van der Waals surface area contributed by atoms with E-state index >= 15 is 0 Å². The molecule has 0 bridgehead atoms. The lowest BCUT2D eigenvalue weighted by molar-refractivity contribution is 0.228. The lowest BCUT2D eigenvalue weighted by Crippen LogP contribution is -2.37. The van der Waals surface area contributed by atoms with Gasteiger partial charge in [-0.25, -0.2) is 0 Å². The highest BCUT2D eigenvalue weighted by Gasteiger charge is 2.29. The minimum Gasteiger partial charge on any atom is -0.329 e. The zero-order valence-corrected chi connectivity index (χ0v) is 9.39. The summed E-state index contributed by atoms with van der Waals surface area (Å²) in [7, 11) is 0. The Labute approximate surface area is 92.1 Å². The SMILES string of the molecule is C[C@H]1CCN(Cc2ccccc2)[C@H]1CN. The molecule has 0 spiro atoms. The van der Waals surface area contributed by atoms with E-state index in [9.17, 15) is 0 Å². The second-order valence-corrected chi connectivity index (χ2v) is 4.53. The third-order valence-corrected chi connectivity index (χ3v) is 3.47. The highest BCUT2D eigenvalue weighted by molar-refractivity contribution is 5.15. The molecule has 0 aliphatic carbocycles. The average Bonchev–Trinajstić information content (AvgIpc) is 2.61. The first kappa shape index (κ1) is 10.7. The first-order valence-corrected chi connectivity index (χ1v) is 5.79. The Morgan fingerprint density at radius 3 is 2.73 bits per heavy atom. The van der Waals surface area contributed by atoms with E-state index in [1.807, 2.05) is 0 Å². The molecule has 0 amide bonds.